The molecule has 0 bridgehead atoms. The van der Waals surface area contributed by atoms with E-state index in [1.165, 1.54) is 14.0 Å². The van der Waals surface area contributed by atoms with Gasteiger partial charge in [-0.15, -0.1) is 0 Å². The van der Waals surface area contributed by atoms with Crippen LogP contribution in [0.4, 0.5) is 0 Å². The maximum atomic E-state index is 14.3. The van der Waals surface area contributed by atoms with Crippen molar-refractivity contribution in [1.82, 2.24) is 4.90 Å². The molecule has 5 rings (SSSR count). The summed E-state index contributed by atoms with van der Waals surface area (Å²) in [6, 6.07) is 10.1. The molecule has 0 aliphatic carbocycles. The van der Waals surface area contributed by atoms with E-state index in [0.717, 1.165) is 5.56 Å². The minimum Gasteiger partial charge on any atom is -0.459 e. The second kappa shape index (κ2) is 18.9. The molecule has 336 valence electrons. The number of nitrogens with zero attached hydrogens (tertiary/aromatic N) is 2. The van der Waals surface area contributed by atoms with E-state index in [4.69, 9.17) is 38.2 Å². The first-order valence-electron chi connectivity index (χ1n) is 21.4. The molecule has 0 saturated carbocycles. The lowest BCUT2D eigenvalue weighted by Crippen LogP contribution is -2.61. The van der Waals surface area contributed by atoms with E-state index in [9.17, 15) is 30.3 Å². The van der Waals surface area contributed by atoms with Gasteiger partial charge < -0.3 is 63.6 Å². The highest BCUT2D eigenvalue weighted by atomic mass is 16.7. The number of aliphatic hydroxyl groups is 5. The van der Waals surface area contributed by atoms with Crippen molar-refractivity contribution < 1.29 is 63.5 Å². The minimum atomic E-state index is -1.94. The molecule has 15 nitrogen and oxygen atoms in total. The van der Waals surface area contributed by atoms with Gasteiger partial charge in [-0.1, -0.05) is 58.0 Å². The molecule has 4 aliphatic rings. The summed E-state index contributed by atoms with van der Waals surface area (Å²) < 4.78 is 44.7. The van der Waals surface area contributed by atoms with E-state index in [1.807, 2.05) is 56.1 Å². The van der Waals surface area contributed by atoms with Crippen molar-refractivity contribution in [3.05, 3.63) is 35.9 Å². The van der Waals surface area contributed by atoms with Crippen molar-refractivity contribution in [2.24, 2.45) is 28.7 Å². The Morgan fingerprint density at radius 3 is 2.19 bits per heavy atom. The molecule has 15 heteroatoms. The highest BCUT2D eigenvalue weighted by molar-refractivity contribution is 5.76. The Labute approximate surface area is 350 Å². The molecule has 4 aliphatic heterocycles. The van der Waals surface area contributed by atoms with Crippen LogP contribution in [-0.2, 0) is 44.5 Å². The molecule has 0 amide bonds. The first kappa shape index (κ1) is 47.6. The van der Waals surface area contributed by atoms with E-state index < -0.39 is 108 Å². The minimum absolute atomic E-state index is 0.0169. The number of fused-ring (bicyclic) bond motifs is 1. The number of cyclic esters (lactones) is 1. The van der Waals surface area contributed by atoms with Crippen molar-refractivity contribution in [2.45, 2.75) is 192 Å². The normalized spacial score (nSPS) is 47.2. The lowest BCUT2D eigenvalue weighted by molar-refractivity contribution is -0.314. The second-order valence-electron chi connectivity index (χ2n) is 18.5. The molecule has 19 atom stereocenters. The number of ether oxygens (including phenoxy) is 7. The number of likely N-dealkylation sites (N-methyl/N-ethyl adjacent to an activating group) is 1. The summed E-state index contributed by atoms with van der Waals surface area (Å²) in [6.07, 6.45) is -9.68. The molecule has 1 aromatic carbocycles. The Morgan fingerprint density at radius 2 is 1.56 bits per heavy atom. The van der Waals surface area contributed by atoms with Crippen LogP contribution in [0.25, 0.3) is 0 Å². The zero-order valence-corrected chi connectivity index (χ0v) is 37.1. The standard InChI is InChI=1S/C44H72N2O13/c1-13-31-44(10,52)36(48)25(4)33(47)23(2)20-42(8,51)38(26(5)34(27(6)39(50)56-31)57-32-21-43(9,53-12)37(49)28(7)55-32)59-40-35-30(19-24(3)54-40)46(11)41(58-35)45-22-29-17-15-14-16-18-29/h14-18,23-28,30-38,40,47-49,51-52H,13,19-22H2,1-12H3/t23-,24-,25+,26+,27-,28+,30+,31-,32+,33?,34+,35-,36-,37+,38-,40+,42-,43-,44-/m1/s1. The number of benzene rings is 1. The van der Waals surface area contributed by atoms with E-state index in [0.29, 0.717) is 19.0 Å². The van der Waals surface area contributed by atoms with E-state index >= 15 is 0 Å². The van der Waals surface area contributed by atoms with Gasteiger partial charge in [-0.25, -0.2) is 4.99 Å². The highest BCUT2D eigenvalue weighted by Crippen LogP contribution is 2.42. The van der Waals surface area contributed by atoms with Gasteiger partial charge in [-0.2, -0.15) is 0 Å². The molecule has 1 aromatic rings. The monoisotopic (exact) mass is 837 g/mol. The lowest BCUT2D eigenvalue weighted by Gasteiger charge is -2.49. The number of rotatable bonds is 8. The fourth-order valence-corrected chi connectivity index (χ4v) is 9.81. The number of hydrogen-bond donors (Lipinski definition) is 5. The van der Waals surface area contributed by atoms with Crippen LogP contribution >= 0.6 is 0 Å². The molecule has 5 N–H and O–H groups in total. The van der Waals surface area contributed by atoms with Gasteiger partial charge in [0.1, 0.15) is 17.8 Å². The van der Waals surface area contributed by atoms with Crippen molar-refractivity contribution in [3.63, 3.8) is 0 Å². The summed E-state index contributed by atoms with van der Waals surface area (Å²) in [4.78, 5) is 21.1. The number of aliphatic imine (C=N–C) groups is 1. The molecule has 0 aromatic heterocycles. The zero-order valence-electron chi connectivity index (χ0n) is 37.1. The van der Waals surface area contributed by atoms with Gasteiger partial charge in [0, 0.05) is 32.4 Å². The van der Waals surface area contributed by atoms with Gasteiger partial charge >= 0.3 is 5.97 Å². The van der Waals surface area contributed by atoms with Crippen molar-refractivity contribution in [3.8, 4) is 0 Å². The fraction of sp³-hybridized carbons (Fsp3) is 0.818. The number of esters is 1. The first-order chi connectivity index (χ1) is 27.6. The van der Waals surface area contributed by atoms with Gasteiger partial charge in [0.05, 0.1) is 66.3 Å². The summed E-state index contributed by atoms with van der Waals surface area (Å²) in [5.41, 5.74) is -3.68. The second-order valence-corrected chi connectivity index (χ2v) is 18.5. The number of methoxy groups -OCH3 is 1. The Kier molecular flexibility index (Phi) is 15.2. The van der Waals surface area contributed by atoms with Crippen molar-refractivity contribution >= 4 is 12.0 Å². The van der Waals surface area contributed by atoms with Crippen LogP contribution in [0.2, 0.25) is 0 Å². The summed E-state index contributed by atoms with van der Waals surface area (Å²) >= 11 is 0. The molecule has 0 spiro atoms. The smallest absolute Gasteiger partial charge is 0.311 e. The maximum absolute atomic E-state index is 14.3. The van der Waals surface area contributed by atoms with Crippen LogP contribution < -0.4 is 0 Å². The van der Waals surface area contributed by atoms with Crippen LogP contribution in [0.15, 0.2) is 35.3 Å². The summed E-state index contributed by atoms with van der Waals surface area (Å²) in [5, 5.41) is 58.7. The number of carbonyl (C=O) groups is 1. The van der Waals surface area contributed by atoms with Gasteiger partial charge in [0.2, 0.25) is 0 Å². The van der Waals surface area contributed by atoms with Crippen molar-refractivity contribution in [2.75, 3.05) is 14.2 Å². The van der Waals surface area contributed by atoms with Gasteiger partial charge in [-0.3, -0.25) is 4.79 Å². The average molecular weight is 837 g/mol. The molecular formula is C44H72N2O13. The van der Waals surface area contributed by atoms with E-state index in [-0.39, 0.29) is 31.4 Å². The Morgan fingerprint density at radius 1 is 0.898 bits per heavy atom. The number of carbonyl (C=O) groups excluding carboxylic acids is 1. The van der Waals surface area contributed by atoms with Gasteiger partial charge in [-0.05, 0) is 72.3 Å². The largest absolute Gasteiger partial charge is 0.459 e. The lowest BCUT2D eigenvalue weighted by atomic mass is 9.73. The predicted molar refractivity (Wildman–Crippen MR) is 218 cm³/mol. The van der Waals surface area contributed by atoms with Crippen LogP contribution in [0.5, 0.6) is 0 Å². The average Bonchev–Trinajstić information content (AvgIpc) is 3.51. The Bertz CT molecular complexity index is 1560. The summed E-state index contributed by atoms with van der Waals surface area (Å²) in [6.45, 7) is 17.4. The zero-order chi connectivity index (χ0) is 43.8. The van der Waals surface area contributed by atoms with E-state index in [1.54, 1.807) is 48.5 Å². The Hall–Kier alpha value is -2.44. The molecule has 59 heavy (non-hydrogen) atoms. The van der Waals surface area contributed by atoms with Crippen LogP contribution in [0.3, 0.4) is 0 Å². The van der Waals surface area contributed by atoms with Gasteiger partial charge in [0.15, 0.2) is 18.7 Å². The van der Waals surface area contributed by atoms with Crippen molar-refractivity contribution in [1.29, 1.82) is 0 Å². The molecule has 4 saturated heterocycles. The quantitative estimate of drug-likeness (QED) is 0.239. The number of aliphatic hydroxyl groups excluding tert-OH is 3. The topological polar surface area (TPSA) is 198 Å². The van der Waals surface area contributed by atoms with Crippen LogP contribution in [-0.4, -0.2) is 147 Å². The van der Waals surface area contributed by atoms with Crippen LogP contribution in [0.1, 0.15) is 100 Å². The first-order valence-corrected chi connectivity index (χ1v) is 21.4. The molecule has 1 unspecified atom stereocenters. The third kappa shape index (κ3) is 10.1. The Balaban J connectivity index is 1.56. The summed E-state index contributed by atoms with van der Waals surface area (Å²) in [5.74, 6) is -4.07. The van der Waals surface area contributed by atoms with E-state index in [2.05, 4.69) is 0 Å². The molecular weight excluding hydrogens is 764 g/mol. The highest BCUT2D eigenvalue weighted by Gasteiger charge is 2.55. The SMILES string of the molecule is CC[C@H]1OC(=O)[C@H](C)[C@@H](O[C@H]2C[C@@](C)(OC)[C@@H](O)[C@H](C)O2)[C@H](C)[C@@H](O[C@@H]2O[C@H](C)C[C@H]3[C@H]2OC(=NCc2ccccc2)N3C)[C@](C)(O)C[C@@H](C)C(O)[C@H](C)[C@@H](O)[C@]1(C)O. The summed E-state index contributed by atoms with van der Waals surface area (Å²) in [7, 11) is 3.43. The van der Waals surface area contributed by atoms with Gasteiger partial charge in [0.25, 0.3) is 6.02 Å². The third-order valence-corrected chi connectivity index (χ3v) is 13.6. The maximum Gasteiger partial charge on any atom is 0.311 e. The number of hydrogen-bond acceptors (Lipinski definition) is 14. The molecule has 4 heterocycles. The molecule has 4 fully saturated rings. The van der Waals surface area contributed by atoms with Crippen LogP contribution in [0, 0.1) is 23.7 Å². The predicted octanol–water partition coefficient (Wildman–Crippen LogP) is 3.54. The number of amidine groups is 1. The fourth-order valence-electron chi connectivity index (χ4n) is 9.81. The molecule has 0 radical (unpaired) electrons. The third-order valence-electron chi connectivity index (χ3n) is 13.6.